The highest BCUT2D eigenvalue weighted by molar-refractivity contribution is 5.85. The van der Waals surface area contributed by atoms with E-state index in [-0.39, 0.29) is 0 Å². The molecule has 0 bridgehead atoms. The molecule has 2 aliphatic heterocycles. The van der Waals surface area contributed by atoms with Gasteiger partial charge in [-0.3, -0.25) is 0 Å². The van der Waals surface area contributed by atoms with Crippen LogP contribution < -0.4 is 10.4 Å². The van der Waals surface area contributed by atoms with Gasteiger partial charge in [-0.05, 0) is 19.1 Å². The van der Waals surface area contributed by atoms with E-state index in [0.29, 0.717) is 23.3 Å². The van der Waals surface area contributed by atoms with E-state index in [1.54, 1.807) is 19.1 Å². The summed E-state index contributed by atoms with van der Waals surface area (Å²) < 4.78 is 16.8. The van der Waals surface area contributed by atoms with Crippen molar-refractivity contribution in [3.8, 4) is 5.75 Å². The van der Waals surface area contributed by atoms with E-state index >= 15 is 0 Å². The Labute approximate surface area is 114 Å². The number of para-hydroxylation sites is 1. The van der Waals surface area contributed by atoms with Gasteiger partial charge in [0.2, 0.25) is 5.79 Å². The Morgan fingerprint density at radius 1 is 1.30 bits per heavy atom. The molecule has 4 rings (SSSR count). The van der Waals surface area contributed by atoms with Crippen molar-refractivity contribution in [2.24, 2.45) is 0 Å². The van der Waals surface area contributed by atoms with Crippen LogP contribution in [0.5, 0.6) is 5.75 Å². The van der Waals surface area contributed by atoms with E-state index in [4.69, 9.17) is 13.9 Å². The summed E-state index contributed by atoms with van der Waals surface area (Å²) in [6.07, 6.45) is -0.636. The van der Waals surface area contributed by atoms with Crippen LogP contribution in [0, 0.1) is 0 Å². The summed E-state index contributed by atoms with van der Waals surface area (Å²) in [4.78, 5) is 12.3. The van der Waals surface area contributed by atoms with Gasteiger partial charge in [0.25, 0.3) is 0 Å². The Bertz CT molecular complexity index is 779. The van der Waals surface area contributed by atoms with Crippen molar-refractivity contribution in [3.63, 3.8) is 0 Å². The van der Waals surface area contributed by atoms with Crippen LogP contribution in [0.4, 0.5) is 0 Å². The summed E-state index contributed by atoms with van der Waals surface area (Å²) in [7, 11) is 0. The molecule has 0 spiro atoms. The van der Waals surface area contributed by atoms with Crippen LogP contribution in [-0.2, 0) is 10.2 Å². The van der Waals surface area contributed by atoms with Gasteiger partial charge in [-0.2, -0.15) is 0 Å². The summed E-state index contributed by atoms with van der Waals surface area (Å²) >= 11 is 0. The van der Waals surface area contributed by atoms with E-state index in [0.717, 1.165) is 5.39 Å². The van der Waals surface area contributed by atoms with Crippen LogP contribution in [-0.4, -0.2) is 17.2 Å². The summed E-state index contributed by atoms with van der Waals surface area (Å²) in [6.45, 7) is 3.61. The Hall–Kier alpha value is -1.85. The first-order valence-electron chi connectivity index (χ1n) is 6.56. The first kappa shape index (κ1) is 11.9. The van der Waals surface area contributed by atoms with Crippen LogP contribution in [0.2, 0.25) is 0 Å². The predicted molar refractivity (Wildman–Crippen MR) is 70.6 cm³/mol. The van der Waals surface area contributed by atoms with Gasteiger partial charge < -0.3 is 19.0 Å². The van der Waals surface area contributed by atoms with Crippen molar-refractivity contribution in [2.75, 3.05) is 0 Å². The predicted octanol–water partition coefficient (Wildman–Crippen LogP) is 1.90. The van der Waals surface area contributed by atoms with Crippen molar-refractivity contribution in [3.05, 3.63) is 40.2 Å². The molecule has 1 N–H and O–H groups in total. The van der Waals surface area contributed by atoms with Crippen LogP contribution in [0.15, 0.2) is 33.5 Å². The first-order valence-corrected chi connectivity index (χ1v) is 6.56. The molecule has 3 atom stereocenters. The second-order valence-electron chi connectivity index (χ2n) is 5.75. The SMILES string of the molecule is C[C@@]12Oc3c(c(=O)oc4ccccc34)[C@]1(C)C[C@H](O)O2. The molecular formula is C15H14O5. The molecule has 0 saturated carbocycles. The van der Waals surface area contributed by atoms with Gasteiger partial charge in [-0.15, -0.1) is 0 Å². The summed E-state index contributed by atoms with van der Waals surface area (Å²) in [5.74, 6) is -0.540. The molecule has 5 nitrogen and oxygen atoms in total. The molecule has 0 radical (unpaired) electrons. The van der Waals surface area contributed by atoms with Crippen molar-refractivity contribution >= 4 is 11.0 Å². The van der Waals surface area contributed by atoms with Crippen molar-refractivity contribution in [2.45, 2.75) is 37.8 Å². The maximum absolute atomic E-state index is 12.3. The van der Waals surface area contributed by atoms with Crippen molar-refractivity contribution < 1.29 is 19.0 Å². The number of hydrogen-bond donors (Lipinski definition) is 1. The number of benzene rings is 1. The molecule has 2 aliphatic rings. The second-order valence-corrected chi connectivity index (χ2v) is 5.75. The minimum absolute atomic E-state index is 0.305. The van der Waals surface area contributed by atoms with Gasteiger partial charge in [0.1, 0.15) is 11.3 Å². The van der Waals surface area contributed by atoms with E-state index in [9.17, 15) is 9.90 Å². The number of ether oxygens (including phenoxy) is 2. The van der Waals surface area contributed by atoms with Gasteiger partial charge in [0.05, 0.1) is 16.4 Å². The fourth-order valence-electron chi connectivity index (χ4n) is 3.33. The molecule has 1 fully saturated rings. The number of aliphatic hydroxyl groups is 1. The Morgan fingerprint density at radius 3 is 2.85 bits per heavy atom. The third-order valence-electron chi connectivity index (χ3n) is 4.56. The summed E-state index contributed by atoms with van der Waals surface area (Å²) in [5.41, 5.74) is -0.200. The van der Waals surface area contributed by atoms with Crippen LogP contribution in [0.3, 0.4) is 0 Å². The number of fused-ring (bicyclic) bond motifs is 5. The van der Waals surface area contributed by atoms with Gasteiger partial charge in [0.15, 0.2) is 6.29 Å². The molecule has 0 amide bonds. The smallest absolute Gasteiger partial charge is 0.344 e. The lowest BCUT2D eigenvalue weighted by Gasteiger charge is -2.29. The van der Waals surface area contributed by atoms with Gasteiger partial charge in [0, 0.05) is 13.3 Å². The molecule has 3 heterocycles. The average Bonchev–Trinajstić information content (AvgIpc) is 2.71. The molecule has 20 heavy (non-hydrogen) atoms. The average molecular weight is 274 g/mol. The van der Waals surface area contributed by atoms with E-state index in [2.05, 4.69) is 0 Å². The normalized spacial score (nSPS) is 34.9. The lowest BCUT2D eigenvalue weighted by Crippen LogP contribution is -2.44. The maximum Gasteiger partial charge on any atom is 0.344 e. The summed E-state index contributed by atoms with van der Waals surface area (Å²) in [5, 5.41) is 10.5. The second kappa shape index (κ2) is 3.42. The van der Waals surface area contributed by atoms with Crippen LogP contribution in [0.25, 0.3) is 11.0 Å². The van der Waals surface area contributed by atoms with Crippen molar-refractivity contribution in [1.29, 1.82) is 0 Å². The zero-order valence-corrected chi connectivity index (χ0v) is 11.2. The lowest BCUT2D eigenvalue weighted by molar-refractivity contribution is -0.216. The fraction of sp³-hybridized carbons (Fsp3) is 0.400. The van der Waals surface area contributed by atoms with Gasteiger partial charge >= 0.3 is 5.63 Å². The summed E-state index contributed by atoms with van der Waals surface area (Å²) in [6, 6.07) is 7.24. The van der Waals surface area contributed by atoms with Crippen molar-refractivity contribution in [1.82, 2.24) is 0 Å². The number of aliphatic hydroxyl groups excluding tert-OH is 1. The standard InChI is InChI=1S/C15H14O5/c1-14-7-10(16)19-15(14,2)20-12-8-5-3-4-6-9(8)18-13(17)11(12)14/h3-6,10,16H,7H2,1-2H3/t10-,14+,15-/m1/s1. The highest BCUT2D eigenvalue weighted by Gasteiger charge is 2.64. The molecule has 1 aromatic carbocycles. The topological polar surface area (TPSA) is 68.9 Å². The molecule has 0 aliphatic carbocycles. The Kier molecular flexibility index (Phi) is 2.04. The number of rotatable bonds is 0. The highest BCUT2D eigenvalue weighted by atomic mass is 16.8. The van der Waals surface area contributed by atoms with Gasteiger partial charge in [-0.1, -0.05) is 12.1 Å². The molecule has 1 aromatic heterocycles. The molecule has 1 saturated heterocycles. The van der Waals surface area contributed by atoms with Crippen LogP contribution in [0.1, 0.15) is 25.8 Å². The third kappa shape index (κ3) is 1.22. The number of hydrogen-bond acceptors (Lipinski definition) is 5. The van der Waals surface area contributed by atoms with Gasteiger partial charge in [-0.25, -0.2) is 4.79 Å². The molecule has 104 valence electrons. The molecule has 5 heteroatoms. The molecular weight excluding hydrogens is 260 g/mol. The lowest BCUT2D eigenvalue weighted by atomic mass is 9.77. The fourth-order valence-corrected chi connectivity index (χ4v) is 3.33. The third-order valence-corrected chi connectivity index (χ3v) is 4.56. The highest BCUT2D eigenvalue weighted by Crippen LogP contribution is 2.56. The zero-order valence-electron chi connectivity index (χ0n) is 11.2. The van der Waals surface area contributed by atoms with Crippen LogP contribution >= 0.6 is 0 Å². The monoisotopic (exact) mass is 274 g/mol. The molecule has 0 unspecified atom stereocenters. The minimum Gasteiger partial charge on any atom is -0.460 e. The maximum atomic E-state index is 12.3. The zero-order chi connectivity index (χ0) is 14.1. The largest absolute Gasteiger partial charge is 0.460 e. The first-order chi connectivity index (χ1) is 9.45. The molecule has 2 aromatic rings. The Morgan fingerprint density at radius 2 is 2.05 bits per heavy atom. The van der Waals surface area contributed by atoms with E-state index in [1.165, 1.54) is 0 Å². The quantitative estimate of drug-likeness (QED) is 0.743. The Balaban J connectivity index is 2.09. The van der Waals surface area contributed by atoms with E-state index < -0.39 is 23.1 Å². The minimum atomic E-state index is -1.05. The van der Waals surface area contributed by atoms with E-state index in [1.807, 2.05) is 19.1 Å².